The van der Waals surface area contributed by atoms with E-state index in [2.05, 4.69) is 23.1 Å². The third kappa shape index (κ3) is 4.41. The second-order valence-electron chi connectivity index (χ2n) is 9.53. The van der Waals surface area contributed by atoms with Crippen LogP contribution < -0.4 is 14.4 Å². The first-order valence-corrected chi connectivity index (χ1v) is 12.6. The van der Waals surface area contributed by atoms with Gasteiger partial charge in [-0.15, -0.1) is 0 Å². The second kappa shape index (κ2) is 9.38. The smallest absolute Gasteiger partial charge is 0.231 e. The summed E-state index contributed by atoms with van der Waals surface area (Å²) >= 11 is 0. The van der Waals surface area contributed by atoms with Gasteiger partial charge in [0.15, 0.2) is 11.5 Å². The fourth-order valence-corrected chi connectivity index (χ4v) is 5.37. The van der Waals surface area contributed by atoms with Gasteiger partial charge in [-0.25, -0.2) is 4.98 Å². The van der Waals surface area contributed by atoms with Crippen molar-refractivity contribution in [2.45, 2.75) is 45.7 Å². The summed E-state index contributed by atoms with van der Waals surface area (Å²) < 4.78 is 16.6. The Morgan fingerprint density at radius 3 is 2.63 bits per heavy atom. The molecule has 0 saturated carbocycles. The van der Waals surface area contributed by atoms with Crippen molar-refractivity contribution in [2.24, 2.45) is 0 Å². The van der Waals surface area contributed by atoms with Gasteiger partial charge in [0.1, 0.15) is 5.82 Å². The van der Waals surface area contributed by atoms with Crippen LogP contribution in [-0.2, 0) is 35.5 Å². The molecular formula is C28H31N3O4. The van der Waals surface area contributed by atoms with E-state index in [-0.39, 0.29) is 12.7 Å². The highest BCUT2D eigenvalue weighted by Crippen LogP contribution is 2.34. The molecule has 7 heteroatoms. The number of aromatic nitrogens is 1. The van der Waals surface area contributed by atoms with E-state index in [9.17, 15) is 4.79 Å². The normalized spacial score (nSPS) is 16.5. The molecule has 0 unspecified atom stereocenters. The zero-order valence-corrected chi connectivity index (χ0v) is 20.2. The van der Waals surface area contributed by atoms with Crippen LogP contribution >= 0.6 is 0 Å². The highest BCUT2D eigenvalue weighted by atomic mass is 16.7. The number of benzene rings is 2. The maximum atomic E-state index is 13.1. The molecule has 1 fully saturated rings. The van der Waals surface area contributed by atoms with Gasteiger partial charge >= 0.3 is 0 Å². The lowest BCUT2D eigenvalue weighted by molar-refractivity contribution is -0.132. The summed E-state index contributed by atoms with van der Waals surface area (Å²) in [5, 5.41) is 1.16. The molecule has 1 aliphatic carbocycles. The van der Waals surface area contributed by atoms with E-state index in [1.807, 2.05) is 30.0 Å². The minimum Gasteiger partial charge on any atom is -0.454 e. The highest BCUT2D eigenvalue weighted by molar-refractivity contribution is 5.84. The van der Waals surface area contributed by atoms with Gasteiger partial charge in [0.2, 0.25) is 12.7 Å². The number of ether oxygens (including phenoxy) is 3. The van der Waals surface area contributed by atoms with Crippen LogP contribution in [0.5, 0.6) is 11.5 Å². The van der Waals surface area contributed by atoms with Crippen molar-refractivity contribution in [3.05, 3.63) is 58.7 Å². The number of hydrogen-bond acceptors (Lipinski definition) is 6. The number of amides is 1. The Hall–Kier alpha value is -3.32. The van der Waals surface area contributed by atoms with Gasteiger partial charge in [0.25, 0.3) is 0 Å². The van der Waals surface area contributed by atoms with Gasteiger partial charge in [-0.3, -0.25) is 4.79 Å². The number of hydrogen-bond donors (Lipinski definition) is 0. The van der Waals surface area contributed by atoms with Crippen LogP contribution in [0.2, 0.25) is 0 Å². The van der Waals surface area contributed by atoms with E-state index in [1.165, 1.54) is 17.5 Å². The van der Waals surface area contributed by atoms with Crippen molar-refractivity contribution >= 4 is 22.6 Å². The quantitative estimate of drug-likeness (QED) is 0.534. The fraction of sp³-hybridized carbons (Fsp3) is 0.429. The summed E-state index contributed by atoms with van der Waals surface area (Å²) in [7, 11) is 0. The minimum atomic E-state index is 0.115. The molecule has 2 aliphatic heterocycles. The summed E-state index contributed by atoms with van der Waals surface area (Å²) in [5.41, 5.74) is 6.01. The number of nitrogens with zero attached hydrogens (tertiary/aromatic N) is 3. The summed E-state index contributed by atoms with van der Waals surface area (Å²) in [4.78, 5) is 22.5. The topological polar surface area (TPSA) is 64.1 Å². The molecule has 3 aliphatic rings. The van der Waals surface area contributed by atoms with Crippen molar-refractivity contribution in [1.29, 1.82) is 0 Å². The van der Waals surface area contributed by atoms with Crippen LogP contribution in [0.25, 0.3) is 10.9 Å². The lowest BCUT2D eigenvalue weighted by atomic mass is 10.0. The summed E-state index contributed by atoms with van der Waals surface area (Å²) in [6.07, 6.45) is 3.93. The molecule has 0 bridgehead atoms. The molecule has 7 nitrogen and oxygen atoms in total. The number of morpholine rings is 1. The first kappa shape index (κ1) is 22.2. The lowest BCUT2D eigenvalue weighted by Gasteiger charge is -2.31. The van der Waals surface area contributed by atoms with E-state index in [0.717, 1.165) is 65.3 Å². The number of rotatable bonds is 6. The number of aryl methyl sites for hydroxylation is 2. The Morgan fingerprint density at radius 2 is 1.80 bits per heavy atom. The first-order valence-electron chi connectivity index (χ1n) is 12.6. The first-order chi connectivity index (χ1) is 17.2. The van der Waals surface area contributed by atoms with E-state index >= 15 is 0 Å². The summed E-state index contributed by atoms with van der Waals surface area (Å²) in [5.74, 6) is 2.58. The van der Waals surface area contributed by atoms with Gasteiger partial charge in [-0.05, 0) is 66.3 Å². The van der Waals surface area contributed by atoms with E-state index in [0.29, 0.717) is 32.7 Å². The molecule has 1 aromatic heterocycles. The van der Waals surface area contributed by atoms with Crippen molar-refractivity contribution in [1.82, 2.24) is 9.88 Å². The molecule has 35 heavy (non-hydrogen) atoms. The van der Waals surface area contributed by atoms with E-state index < -0.39 is 0 Å². The van der Waals surface area contributed by atoms with Gasteiger partial charge in [-0.1, -0.05) is 13.0 Å². The van der Waals surface area contributed by atoms with Crippen LogP contribution in [0.4, 0.5) is 5.82 Å². The van der Waals surface area contributed by atoms with E-state index in [4.69, 9.17) is 19.2 Å². The van der Waals surface area contributed by atoms with Gasteiger partial charge < -0.3 is 24.0 Å². The van der Waals surface area contributed by atoms with E-state index in [1.54, 1.807) is 0 Å². The monoisotopic (exact) mass is 473 g/mol. The number of carbonyl (C=O) groups excluding carboxylic acids is 1. The molecule has 0 radical (unpaired) electrons. The molecule has 182 valence electrons. The third-order valence-electron chi connectivity index (χ3n) is 7.22. The van der Waals surface area contributed by atoms with Crippen LogP contribution in [0, 0.1) is 0 Å². The largest absolute Gasteiger partial charge is 0.454 e. The predicted octanol–water partition coefficient (Wildman–Crippen LogP) is 4.23. The standard InChI is InChI=1S/C28H31N3O4/c1-2-27(32)31(16-19-6-7-25-26(12-19)35-18-34-25)17-23-14-22-13-20-4-3-5-21(20)15-24(22)29-28(23)30-8-10-33-11-9-30/h6-7,12-15H,2-5,8-11,16-18H2,1H3. The predicted molar refractivity (Wildman–Crippen MR) is 134 cm³/mol. The SMILES string of the molecule is CCC(=O)N(Cc1ccc2c(c1)OCO2)Cc1cc2cc3c(cc2nc1N1CCOCC1)CCC3. The second-order valence-corrected chi connectivity index (χ2v) is 9.53. The Morgan fingerprint density at radius 1 is 1.00 bits per heavy atom. The Kier molecular flexibility index (Phi) is 5.94. The molecule has 0 N–H and O–H groups in total. The molecule has 2 aromatic carbocycles. The van der Waals surface area contributed by atoms with Gasteiger partial charge in [0.05, 0.1) is 18.7 Å². The fourth-order valence-electron chi connectivity index (χ4n) is 5.37. The van der Waals surface area contributed by atoms with Crippen LogP contribution in [0.1, 0.15) is 42.0 Å². The van der Waals surface area contributed by atoms with Crippen LogP contribution in [-0.4, -0.2) is 48.9 Å². The zero-order valence-electron chi connectivity index (χ0n) is 20.2. The summed E-state index contributed by atoms with van der Waals surface area (Å²) in [6.45, 7) is 6.17. The molecular weight excluding hydrogens is 442 g/mol. The Balaban J connectivity index is 1.37. The average molecular weight is 474 g/mol. The third-order valence-corrected chi connectivity index (χ3v) is 7.22. The van der Waals surface area contributed by atoms with Crippen molar-refractivity contribution in [3.63, 3.8) is 0 Å². The van der Waals surface area contributed by atoms with Crippen LogP contribution in [0.3, 0.4) is 0 Å². The molecule has 1 saturated heterocycles. The molecule has 6 rings (SSSR count). The highest BCUT2D eigenvalue weighted by Gasteiger charge is 2.23. The molecule has 0 atom stereocenters. The van der Waals surface area contributed by atoms with Gasteiger partial charge in [0, 0.05) is 43.5 Å². The van der Waals surface area contributed by atoms with Crippen LogP contribution in [0.15, 0.2) is 36.4 Å². The number of anilines is 1. The zero-order chi connectivity index (χ0) is 23.8. The molecule has 1 amide bonds. The molecule has 3 heterocycles. The average Bonchev–Trinajstić information content (AvgIpc) is 3.55. The Labute approximate surface area is 205 Å². The molecule has 0 spiro atoms. The van der Waals surface area contributed by atoms with Gasteiger partial charge in [-0.2, -0.15) is 0 Å². The van der Waals surface area contributed by atoms with Crippen molar-refractivity contribution in [3.8, 4) is 11.5 Å². The maximum absolute atomic E-state index is 13.1. The summed E-state index contributed by atoms with van der Waals surface area (Å²) in [6, 6.07) is 12.7. The number of carbonyl (C=O) groups is 1. The lowest BCUT2D eigenvalue weighted by Crippen LogP contribution is -2.38. The van der Waals surface area contributed by atoms with Crippen molar-refractivity contribution < 1.29 is 19.0 Å². The molecule has 3 aromatic rings. The minimum absolute atomic E-state index is 0.115. The number of pyridine rings is 1. The number of fused-ring (bicyclic) bond motifs is 3. The maximum Gasteiger partial charge on any atom is 0.231 e. The Bertz CT molecular complexity index is 1270. The van der Waals surface area contributed by atoms with Crippen molar-refractivity contribution in [2.75, 3.05) is 38.0 Å².